The fourth-order valence-corrected chi connectivity index (χ4v) is 4.74. The van der Waals surface area contributed by atoms with Gasteiger partial charge in [-0.25, -0.2) is 14.5 Å². The van der Waals surface area contributed by atoms with E-state index in [2.05, 4.69) is 0 Å². The van der Waals surface area contributed by atoms with Crippen LogP contribution in [0.5, 0.6) is 5.75 Å². The molecule has 2 aliphatic rings. The molecular formula is C31H25NO7. The van der Waals surface area contributed by atoms with Gasteiger partial charge in [-0.15, -0.1) is 0 Å². The molecule has 1 heterocycles. The fourth-order valence-electron chi connectivity index (χ4n) is 4.74. The third-order valence-corrected chi connectivity index (χ3v) is 6.88. The van der Waals surface area contributed by atoms with E-state index in [9.17, 15) is 24.0 Å². The van der Waals surface area contributed by atoms with Gasteiger partial charge in [0.2, 0.25) is 11.8 Å². The molecule has 0 bridgehead atoms. The number of nitrogens with zero attached hydrogens (tertiary/aromatic N) is 1. The Labute approximate surface area is 224 Å². The second-order valence-electron chi connectivity index (χ2n) is 9.46. The Morgan fingerprint density at radius 1 is 0.769 bits per heavy atom. The van der Waals surface area contributed by atoms with Crippen molar-refractivity contribution in [2.45, 2.75) is 19.8 Å². The number of hydrogen-bond donors (Lipinski definition) is 0. The molecule has 1 aliphatic carbocycles. The summed E-state index contributed by atoms with van der Waals surface area (Å²) in [6.45, 7) is 1.37. The van der Waals surface area contributed by atoms with Gasteiger partial charge in [0.05, 0.1) is 28.7 Å². The number of ether oxygens (including phenoxy) is 2. The minimum Gasteiger partial charge on any atom is -0.454 e. The summed E-state index contributed by atoms with van der Waals surface area (Å²) in [4.78, 5) is 65.0. The zero-order valence-corrected chi connectivity index (χ0v) is 21.2. The van der Waals surface area contributed by atoms with Gasteiger partial charge in [0.1, 0.15) is 5.75 Å². The zero-order chi connectivity index (χ0) is 27.5. The summed E-state index contributed by atoms with van der Waals surface area (Å²) in [7, 11) is 0. The summed E-state index contributed by atoms with van der Waals surface area (Å²) in [6.07, 6.45) is 4.75. The van der Waals surface area contributed by atoms with Gasteiger partial charge in [-0.05, 0) is 68.3 Å². The Kier molecular flexibility index (Phi) is 7.19. The van der Waals surface area contributed by atoms with Crippen LogP contribution in [0.2, 0.25) is 0 Å². The largest absolute Gasteiger partial charge is 0.454 e. The molecule has 196 valence electrons. The predicted octanol–water partition coefficient (Wildman–Crippen LogP) is 4.71. The zero-order valence-electron chi connectivity index (χ0n) is 21.2. The van der Waals surface area contributed by atoms with Crippen LogP contribution in [0.25, 0.3) is 0 Å². The maximum Gasteiger partial charge on any atom is 0.343 e. The molecule has 1 fully saturated rings. The van der Waals surface area contributed by atoms with Crippen LogP contribution < -0.4 is 9.64 Å². The maximum absolute atomic E-state index is 13.0. The summed E-state index contributed by atoms with van der Waals surface area (Å²) in [5.41, 5.74) is 1.86. The van der Waals surface area contributed by atoms with Crippen molar-refractivity contribution in [3.63, 3.8) is 0 Å². The van der Waals surface area contributed by atoms with Gasteiger partial charge in [0, 0.05) is 5.56 Å². The van der Waals surface area contributed by atoms with E-state index in [1.165, 1.54) is 36.4 Å². The lowest BCUT2D eigenvalue weighted by atomic mass is 9.85. The van der Waals surface area contributed by atoms with Crippen LogP contribution in [0.3, 0.4) is 0 Å². The number of aryl methyl sites for hydroxylation is 1. The third-order valence-electron chi connectivity index (χ3n) is 6.88. The summed E-state index contributed by atoms with van der Waals surface area (Å²) < 4.78 is 10.6. The van der Waals surface area contributed by atoms with Crippen molar-refractivity contribution in [1.29, 1.82) is 0 Å². The lowest BCUT2D eigenvalue weighted by Gasteiger charge is -2.18. The van der Waals surface area contributed by atoms with Crippen molar-refractivity contribution in [3.05, 3.63) is 107 Å². The molecule has 3 aromatic carbocycles. The van der Waals surface area contributed by atoms with Crippen LogP contribution in [-0.2, 0) is 14.3 Å². The highest BCUT2D eigenvalue weighted by Gasteiger charge is 2.48. The predicted molar refractivity (Wildman–Crippen MR) is 141 cm³/mol. The van der Waals surface area contributed by atoms with Gasteiger partial charge in [-0.2, -0.15) is 0 Å². The molecule has 3 aromatic rings. The summed E-state index contributed by atoms with van der Waals surface area (Å²) >= 11 is 0. The quantitative estimate of drug-likeness (QED) is 0.145. The number of hydrogen-bond acceptors (Lipinski definition) is 7. The number of esters is 2. The average molecular weight is 524 g/mol. The van der Waals surface area contributed by atoms with Gasteiger partial charge in [-0.1, -0.05) is 42.0 Å². The number of para-hydroxylation sites is 1. The summed E-state index contributed by atoms with van der Waals surface area (Å²) in [6, 6.07) is 19.1. The van der Waals surface area contributed by atoms with Crippen molar-refractivity contribution in [2.75, 3.05) is 11.5 Å². The monoisotopic (exact) mass is 523 g/mol. The first-order valence-electron chi connectivity index (χ1n) is 12.5. The standard InChI is InChI=1S/C31H25NO7/c1-19-10-12-21(13-11-19)30(36)39-22-16-14-20(15-17-22)27(33)18-38-31(37)25-8-4-5-9-26(25)32-28(34)23-6-2-3-7-24(23)29(32)35/h2-5,8-17,23-24H,6-7,18H2,1H3. The molecule has 0 saturated carbocycles. The van der Waals surface area contributed by atoms with Crippen LogP contribution in [0.15, 0.2) is 84.9 Å². The first-order valence-corrected chi connectivity index (χ1v) is 12.5. The lowest BCUT2D eigenvalue weighted by Crippen LogP contribution is -2.32. The molecule has 0 N–H and O–H groups in total. The van der Waals surface area contributed by atoms with Crippen LogP contribution in [-0.4, -0.2) is 36.1 Å². The van der Waals surface area contributed by atoms with Crippen LogP contribution >= 0.6 is 0 Å². The van der Waals surface area contributed by atoms with E-state index in [0.29, 0.717) is 18.4 Å². The molecule has 8 heteroatoms. The van der Waals surface area contributed by atoms with E-state index in [4.69, 9.17) is 9.47 Å². The van der Waals surface area contributed by atoms with Crippen molar-refractivity contribution in [1.82, 2.24) is 0 Å². The topological polar surface area (TPSA) is 107 Å². The van der Waals surface area contributed by atoms with E-state index in [-0.39, 0.29) is 34.4 Å². The van der Waals surface area contributed by atoms with Gasteiger partial charge in [0.25, 0.3) is 0 Å². The Balaban J connectivity index is 1.22. The van der Waals surface area contributed by atoms with Crippen molar-refractivity contribution in [2.24, 2.45) is 11.8 Å². The maximum atomic E-state index is 13.0. The van der Waals surface area contributed by atoms with Crippen molar-refractivity contribution in [3.8, 4) is 5.75 Å². The Morgan fingerprint density at radius 3 is 2.00 bits per heavy atom. The van der Waals surface area contributed by atoms with Gasteiger partial charge < -0.3 is 9.47 Å². The van der Waals surface area contributed by atoms with Gasteiger partial charge in [0.15, 0.2) is 12.4 Å². The number of amides is 2. The minimum atomic E-state index is -0.823. The van der Waals surface area contributed by atoms with E-state index in [0.717, 1.165) is 10.5 Å². The highest BCUT2D eigenvalue weighted by molar-refractivity contribution is 6.24. The van der Waals surface area contributed by atoms with Crippen molar-refractivity contribution < 1.29 is 33.4 Å². The SMILES string of the molecule is Cc1ccc(C(=O)Oc2ccc(C(=O)COC(=O)c3ccccc3N3C(=O)C4CC=CCC4C3=O)cc2)cc1. The number of rotatable bonds is 7. The number of benzene rings is 3. The molecular weight excluding hydrogens is 498 g/mol. The highest BCUT2D eigenvalue weighted by atomic mass is 16.5. The number of carbonyl (C=O) groups is 5. The lowest BCUT2D eigenvalue weighted by molar-refractivity contribution is -0.122. The Hall–Kier alpha value is -4.85. The normalized spacial score (nSPS) is 18.0. The minimum absolute atomic E-state index is 0.0250. The van der Waals surface area contributed by atoms with E-state index >= 15 is 0 Å². The highest BCUT2D eigenvalue weighted by Crippen LogP contribution is 2.38. The molecule has 5 rings (SSSR count). The second-order valence-corrected chi connectivity index (χ2v) is 9.46. The molecule has 39 heavy (non-hydrogen) atoms. The summed E-state index contributed by atoms with van der Waals surface area (Å²) in [5.74, 6) is -3.10. The van der Waals surface area contributed by atoms with E-state index < -0.39 is 36.2 Å². The number of Topliss-reactive ketones (excluding diaryl/α,β-unsaturated/α-hetero) is 1. The van der Waals surface area contributed by atoms with E-state index in [1.54, 1.807) is 24.3 Å². The fraction of sp³-hybridized carbons (Fsp3) is 0.194. The van der Waals surface area contributed by atoms with Gasteiger partial charge in [-0.3, -0.25) is 14.4 Å². The molecule has 2 atom stereocenters. The first kappa shape index (κ1) is 25.8. The third kappa shape index (κ3) is 5.27. The molecule has 0 radical (unpaired) electrons. The van der Waals surface area contributed by atoms with Crippen LogP contribution in [0.4, 0.5) is 5.69 Å². The van der Waals surface area contributed by atoms with E-state index in [1.807, 2.05) is 31.2 Å². The Morgan fingerprint density at radius 2 is 1.36 bits per heavy atom. The molecule has 2 unspecified atom stereocenters. The average Bonchev–Trinajstić information content (AvgIpc) is 3.21. The first-order chi connectivity index (χ1) is 18.8. The number of allylic oxidation sites excluding steroid dienone is 2. The summed E-state index contributed by atoms with van der Waals surface area (Å²) in [5, 5.41) is 0. The molecule has 0 spiro atoms. The number of anilines is 1. The molecule has 8 nitrogen and oxygen atoms in total. The number of ketones is 1. The smallest absolute Gasteiger partial charge is 0.343 e. The molecule has 1 aliphatic heterocycles. The van der Waals surface area contributed by atoms with Crippen molar-refractivity contribution >= 4 is 35.2 Å². The molecule has 0 aromatic heterocycles. The molecule has 2 amide bonds. The second kappa shape index (κ2) is 10.9. The number of imide groups is 1. The number of carbonyl (C=O) groups excluding carboxylic acids is 5. The van der Waals surface area contributed by atoms with Gasteiger partial charge >= 0.3 is 11.9 Å². The van der Waals surface area contributed by atoms with Crippen LogP contribution in [0, 0.1) is 18.8 Å². The van der Waals surface area contributed by atoms with Crippen LogP contribution in [0.1, 0.15) is 49.5 Å². The Bertz CT molecular complexity index is 1460. The number of fused-ring (bicyclic) bond motifs is 1. The molecule has 1 saturated heterocycles.